The summed E-state index contributed by atoms with van der Waals surface area (Å²) in [7, 11) is 0. The Morgan fingerprint density at radius 2 is 1.81 bits per heavy atom. The summed E-state index contributed by atoms with van der Waals surface area (Å²) in [5.41, 5.74) is 6.82. The molecular formula is C31H35N3O2. The fraction of sp³-hybridized carbons (Fsp3) is 0.355. The van der Waals surface area contributed by atoms with Crippen LogP contribution < -0.4 is 9.64 Å². The maximum atomic E-state index is 13.1. The molecule has 36 heavy (non-hydrogen) atoms. The minimum Gasteiger partial charge on any atom is -0.493 e. The molecule has 0 spiro atoms. The molecule has 5 rings (SSSR count). The van der Waals surface area contributed by atoms with Crippen molar-refractivity contribution in [3.63, 3.8) is 0 Å². The van der Waals surface area contributed by atoms with Crippen molar-refractivity contribution in [1.82, 2.24) is 9.55 Å². The molecule has 5 nitrogen and oxygen atoms in total. The fourth-order valence-corrected chi connectivity index (χ4v) is 5.34. The first-order valence-corrected chi connectivity index (χ1v) is 13.1. The first kappa shape index (κ1) is 24.1. The molecule has 3 aromatic carbocycles. The van der Waals surface area contributed by atoms with E-state index in [1.165, 1.54) is 16.7 Å². The van der Waals surface area contributed by atoms with Crippen LogP contribution in [0.3, 0.4) is 0 Å². The summed E-state index contributed by atoms with van der Waals surface area (Å²) in [6.45, 7) is 8.56. The van der Waals surface area contributed by atoms with Gasteiger partial charge in [-0.1, -0.05) is 55.0 Å². The summed E-state index contributed by atoms with van der Waals surface area (Å²) in [6.07, 6.45) is 3.35. The Labute approximate surface area is 213 Å². The fourth-order valence-electron chi connectivity index (χ4n) is 5.34. The van der Waals surface area contributed by atoms with E-state index in [-0.39, 0.29) is 11.8 Å². The zero-order valence-electron chi connectivity index (χ0n) is 21.5. The number of imidazole rings is 1. The molecule has 1 unspecified atom stereocenters. The lowest BCUT2D eigenvalue weighted by Gasteiger charge is -2.20. The lowest BCUT2D eigenvalue weighted by molar-refractivity contribution is -0.117. The van der Waals surface area contributed by atoms with Gasteiger partial charge in [0.1, 0.15) is 11.6 Å². The van der Waals surface area contributed by atoms with E-state index in [1.807, 2.05) is 23.1 Å². The van der Waals surface area contributed by atoms with Gasteiger partial charge in [-0.05, 0) is 68.5 Å². The van der Waals surface area contributed by atoms with Gasteiger partial charge < -0.3 is 14.2 Å². The number of para-hydroxylation sites is 3. The number of carbonyl (C=O) groups is 1. The van der Waals surface area contributed by atoms with Crippen LogP contribution in [0.5, 0.6) is 5.75 Å². The molecule has 0 aliphatic carbocycles. The Morgan fingerprint density at radius 1 is 1.00 bits per heavy atom. The third kappa shape index (κ3) is 4.88. The largest absolute Gasteiger partial charge is 0.493 e. The number of ether oxygens (including phenoxy) is 1. The molecule has 4 aromatic rings. The second-order valence-corrected chi connectivity index (χ2v) is 9.82. The van der Waals surface area contributed by atoms with E-state index in [0.717, 1.165) is 54.1 Å². The maximum absolute atomic E-state index is 13.1. The van der Waals surface area contributed by atoms with Crippen LogP contribution in [0.25, 0.3) is 11.0 Å². The summed E-state index contributed by atoms with van der Waals surface area (Å²) >= 11 is 0. The first-order valence-electron chi connectivity index (χ1n) is 13.1. The van der Waals surface area contributed by atoms with Crippen molar-refractivity contribution in [3.05, 3.63) is 89.2 Å². The van der Waals surface area contributed by atoms with E-state index in [0.29, 0.717) is 19.6 Å². The van der Waals surface area contributed by atoms with E-state index >= 15 is 0 Å². The van der Waals surface area contributed by atoms with Crippen LogP contribution in [0.1, 0.15) is 54.6 Å². The maximum Gasteiger partial charge on any atom is 0.227 e. The Kier molecular flexibility index (Phi) is 7.08. The van der Waals surface area contributed by atoms with Crippen LogP contribution in [0, 0.1) is 13.8 Å². The van der Waals surface area contributed by atoms with Crippen LogP contribution in [0.15, 0.2) is 66.7 Å². The second-order valence-electron chi connectivity index (χ2n) is 9.82. The van der Waals surface area contributed by atoms with Gasteiger partial charge in [-0.15, -0.1) is 0 Å². The molecule has 1 aromatic heterocycles. The summed E-state index contributed by atoms with van der Waals surface area (Å²) in [4.78, 5) is 20.1. The van der Waals surface area contributed by atoms with Crippen molar-refractivity contribution >= 4 is 22.6 Å². The number of anilines is 1. The van der Waals surface area contributed by atoms with Gasteiger partial charge in [0.15, 0.2) is 0 Å². The second kappa shape index (κ2) is 10.6. The molecule has 1 atom stereocenters. The third-order valence-electron chi connectivity index (χ3n) is 7.20. The molecule has 1 amide bonds. The number of carbonyl (C=O) groups excluding carboxylic acids is 1. The van der Waals surface area contributed by atoms with Gasteiger partial charge in [-0.25, -0.2) is 4.98 Å². The normalized spacial score (nSPS) is 15.7. The minimum atomic E-state index is 0.0845. The van der Waals surface area contributed by atoms with Crippen LogP contribution >= 0.6 is 0 Å². The Morgan fingerprint density at radius 3 is 2.64 bits per heavy atom. The number of hydrogen-bond donors (Lipinski definition) is 0. The number of fused-ring (bicyclic) bond motifs is 1. The number of unbranched alkanes of at least 4 members (excludes halogenated alkanes) is 1. The van der Waals surface area contributed by atoms with E-state index in [2.05, 4.69) is 73.9 Å². The lowest BCUT2D eigenvalue weighted by atomic mass is 10.1. The molecule has 0 N–H and O–H groups in total. The van der Waals surface area contributed by atoms with E-state index in [9.17, 15) is 4.79 Å². The highest BCUT2D eigenvalue weighted by Gasteiger charge is 2.35. The molecule has 0 saturated carbocycles. The monoisotopic (exact) mass is 481 g/mol. The van der Waals surface area contributed by atoms with Crippen LogP contribution in [-0.4, -0.2) is 28.6 Å². The molecule has 5 heteroatoms. The van der Waals surface area contributed by atoms with Gasteiger partial charge in [0.25, 0.3) is 0 Å². The van der Waals surface area contributed by atoms with Crippen LogP contribution in [-0.2, 0) is 17.8 Å². The SMILES string of the molecule is CCc1ccccc1N1CC(c2nc3ccccc3n2CCCCOc2ccc(C)cc2C)CC1=O. The van der Waals surface area contributed by atoms with Gasteiger partial charge in [0.05, 0.1) is 17.6 Å². The van der Waals surface area contributed by atoms with Crippen molar-refractivity contribution in [1.29, 1.82) is 0 Å². The number of aromatic nitrogens is 2. The molecular weight excluding hydrogens is 446 g/mol. The number of aryl methyl sites for hydroxylation is 4. The van der Waals surface area contributed by atoms with E-state index in [1.54, 1.807) is 0 Å². The molecule has 1 aliphatic heterocycles. The summed E-state index contributed by atoms with van der Waals surface area (Å²) < 4.78 is 8.38. The minimum absolute atomic E-state index is 0.0845. The number of amides is 1. The van der Waals surface area contributed by atoms with Gasteiger partial charge in [0, 0.05) is 31.1 Å². The highest BCUT2D eigenvalue weighted by molar-refractivity contribution is 5.97. The highest BCUT2D eigenvalue weighted by atomic mass is 16.5. The summed E-state index contributed by atoms with van der Waals surface area (Å²) in [6, 6.07) is 22.9. The molecule has 2 heterocycles. The predicted octanol–water partition coefficient (Wildman–Crippen LogP) is 6.60. The van der Waals surface area contributed by atoms with Crippen molar-refractivity contribution in [2.75, 3.05) is 18.1 Å². The average Bonchev–Trinajstić information content (AvgIpc) is 3.45. The Hall–Kier alpha value is -3.60. The smallest absolute Gasteiger partial charge is 0.227 e. The Bertz CT molecular complexity index is 1370. The van der Waals surface area contributed by atoms with Crippen molar-refractivity contribution in [2.45, 2.75) is 58.9 Å². The lowest BCUT2D eigenvalue weighted by Crippen LogP contribution is -2.25. The molecule has 1 saturated heterocycles. The number of nitrogens with zero attached hydrogens (tertiary/aromatic N) is 3. The van der Waals surface area contributed by atoms with Gasteiger partial charge >= 0.3 is 0 Å². The molecule has 0 radical (unpaired) electrons. The standard InChI is InChI=1S/C31H35N3O2/c1-4-24-11-5-7-13-27(24)34-21-25(20-30(34)35)31-32-26-12-6-8-14-28(26)33(31)17-9-10-18-36-29-16-15-22(2)19-23(29)3/h5-8,11-16,19,25H,4,9-10,17-18,20-21H2,1-3H3. The quantitative estimate of drug-likeness (QED) is 0.253. The van der Waals surface area contributed by atoms with Crippen molar-refractivity contribution < 1.29 is 9.53 Å². The molecule has 0 bridgehead atoms. The molecule has 186 valence electrons. The zero-order valence-corrected chi connectivity index (χ0v) is 21.5. The van der Waals surface area contributed by atoms with E-state index < -0.39 is 0 Å². The molecule has 1 fully saturated rings. The van der Waals surface area contributed by atoms with E-state index in [4.69, 9.17) is 9.72 Å². The number of rotatable bonds is 9. The highest BCUT2D eigenvalue weighted by Crippen LogP contribution is 2.35. The van der Waals surface area contributed by atoms with Gasteiger partial charge in [0.2, 0.25) is 5.91 Å². The predicted molar refractivity (Wildman–Crippen MR) is 146 cm³/mol. The molecule has 1 aliphatic rings. The van der Waals surface area contributed by atoms with Gasteiger partial charge in [-0.3, -0.25) is 4.79 Å². The third-order valence-corrected chi connectivity index (χ3v) is 7.20. The van der Waals surface area contributed by atoms with Gasteiger partial charge in [-0.2, -0.15) is 0 Å². The summed E-state index contributed by atoms with van der Waals surface area (Å²) in [5, 5.41) is 0. The number of benzene rings is 3. The summed E-state index contributed by atoms with van der Waals surface area (Å²) in [5.74, 6) is 2.25. The zero-order chi connectivity index (χ0) is 25.1. The topological polar surface area (TPSA) is 47.4 Å². The van der Waals surface area contributed by atoms with Crippen LogP contribution in [0.2, 0.25) is 0 Å². The average molecular weight is 482 g/mol. The number of hydrogen-bond acceptors (Lipinski definition) is 3. The van der Waals surface area contributed by atoms with Crippen molar-refractivity contribution in [2.24, 2.45) is 0 Å². The van der Waals surface area contributed by atoms with Crippen molar-refractivity contribution in [3.8, 4) is 5.75 Å². The van der Waals surface area contributed by atoms with Crippen LogP contribution in [0.4, 0.5) is 5.69 Å². The Balaban J connectivity index is 1.30. The first-order chi connectivity index (χ1) is 17.5.